The Morgan fingerprint density at radius 3 is 1.42 bits per heavy atom. The Hall–Kier alpha value is 0.741. The second-order valence-corrected chi connectivity index (χ2v) is 2.89. The van der Waals surface area contributed by atoms with Gasteiger partial charge in [-0.05, 0) is 25.9 Å². The van der Waals surface area contributed by atoms with Crippen molar-refractivity contribution >= 4 is 25.3 Å². The third kappa shape index (κ3) is 45.5. The summed E-state index contributed by atoms with van der Waals surface area (Å²) >= 11 is 7.40. The smallest absolute Gasteiger partial charge is 0.0105 e. The Balaban J connectivity index is -0.0000000235. The molecule has 1 heterocycles. The Morgan fingerprint density at radius 1 is 0.947 bits per heavy atom. The van der Waals surface area contributed by atoms with Crippen molar-refractivity contribution in [3.8, 4) is 10.8 Å². The summed E-state index contributed by atoms with van der Waals surface area (Å²) in [6.07, 6.45) is 2.75. The molecule has 1 aliphatic rings. The molecule has 6 N–H and O–H groups in total. The summed E-state index contributed by atoms with van der Waals surface area (Å²) < 4.78 is 0. The molecule has 11 heteroatoms. The van der Waals surface area contributed by atoms with Gasteiger partial charge in [0.15, 0.2) is 0 Å². The first-order valence-electron chi connectivity index (χ1n) is 4.21. The number of nitrogens with two attached hydrogens (primary N) is 3. The largest absolute Gasteiger partial charge is 0.696 e. The summed E-state index contributed by atoms with van der Waals surface area (Å²) in [5.41, 5.74) is 5.37. The fraction of sp³-hybridized carbons (Fsp3) is 0.750. The average molecular weight is 438 g/mol. The quantitative estimate of drug-likeness (QED) is 0.393. The third-order valence-corrected chi connectivity index (χ3v) is 1.64. The molecule has 0 aromatic rings. The van der Waals surface area contributed by atoms with Gasteiger partial charge in [0.1, 0.15) is 0 Å². The number of nitrogens with zero attached hydrogens (tertiary/aromatic N) is 3. The average Bonchev–Trinajstić information content (AvgIpc) is 2.60. The first-order valence-corrected chi connectivity index (χ1v) is 5.03. The second-order valence-electron chi connectivity index (χ2n) is 2.52. The molecule has 0 unspecified atom stereocenters. The van der Waals surface area contributed by atoms with Gasteiger partial charge in [-0.2, -0.15) is 0 Å². The third-order valence-electron chi connectivity index (χ3n) is 1.64. The maximum absolute atomic E-state index is 7.13. The van der Waals surface area contributed by atoms with Crippen molar-refractivity contribution in [1.29, 1.82) is 10.5 Å². The van der Waals surface area contributed by atoms with Gasteiger partial charge in [0.25, 0.3) is 0 Å². The molecule has 1 saturated heterocycles. The predicted octanol–water partition coefficient (Wildman–Crippen LogP) is 1.50. The van der Waals surface area contributed by atoms with Crippen LogP contribution in [0.4, 0.5) is 0 Å². The van der Waals surface area contributed by atoms with Crippen molar-refractivity contribution in [3.05, 3.63) is 12.3 Å². The van der Waals surface area contributed by atoms with Crippen LogP contribution in [0.3, 0.4) is 0 Å². The van der Waals surface area contributed by atoms with Crippen LogP contribution < -0.4 is 5.73 Å². The van der Waals surface area contributed by atoms with Gasteiger partial charge in [-0.25, -0.2) is 10.5 Å². The molecule has 0 amide bonds. The number of hydrogen-bond donors (Lipinski definition) is 1. The first-order chi connectivity index (χ1) is 6.76. The number of nitriles is 2. The van der Waals surface area contributed by atoms with Crippen molar-refractivity contribution in [1.82, 2.24) is 4.90 Å². The zero-order valence-corrected chi connectivity index (χ0v) is 14.7. The number of likely N-dealkylation sites (tertiary alicyclic amines) is 1. The molecule has 1 aliphatic heterocycles. The van der Waals surface area contributed by atoms with E-state index in [9.17, 15) is 0 Å². The van der Waals surface area contributed by atoms with E-state index in [1.165, 1.54) is 36.7 Å². The predicted molar refractivity (Wildman–Crippen MR) is 71.3 cm³/mol. The van der Waals surface area contributed by atoms with Crippen LogP contribution in [-0.4, -0.2) is 31.1 Å². The van der Waals surface area contributed by atoms with E-state index in [-0.39, 0.29) is 61.8 Å². The van der Waals surface area contributed by atoms with E-state index in [4.69, 9.17) is 16.3 Å². The fourth-order valence-electron chi connectivity index (χ4n) is 1.19. The van der Waals surface area contributed by atoms with E-state index in [0.717, 1.165) is 13.1 Å². The number of thiocyanates is 2. The summed E-state index contributed by atoms with van der Waals surface area (Å²) in [4.78, 5) is 2.42. The van der Waals surface area contributed by atoms with Crippen LogP contribution in [0.25, 0.3) is 12.3 Å². The molecule has 19 heavy (non-hydrogen) atoms. The van der Waals surface area contributed by atoms with Gasteiger partial charge in [0, 0.05) is 62.6 Å². The van der Waals surface area contributed by atoms with Crippen LogP contribution in [0.1, 0.15) is 12.8 Å². The number of rotatable bonds is 2. The molecular weight excluding hydrogens is 420 g/mol. The van der Waals surface area contributed by atoms with Crippen LogP contribution in [0.15, 0.2) is 0 Å². The summed E-state index contributed by atoms with van der Waals surface area (Å²) in [7, 11) is 0. The van der Waals surface area contributed by atoms with Crippen LogP contribution in [-0.2, 0) is 74.7 Å². The van der Waals surface area contributed by atoms with E-state index in [1.807, 2.05) is 0 Å². The second kappa shape index (κ2) is 42.8. The van der Waals surface area contributed by atoms with Gasteiger partial charge in [-0.3, -0.25) is 0 Å². The molecule has 0 aromatic heterocycles. The fourth-order valence-corrected chi connectivity index (χ4v) is 1.19. The van der Waals surface area contributed by atoms with Crippen molar-refractivity contribution in [3.63, 3.8) is 0 Å². The minimum absolute atomic E-state index is 0. The van der Waals surface area contributed by atoms with Gasteiger partial charge in [0.2, 0.25) is 0 Å². The minimum atomic E-state index is 0. The van der Waals surface area contributed by atoms with Crippen LogP contribution in [0, 0.1) is 21.3 Å². The van der Waals surface area contributed by atoms with Gasteiger partial charge < -0.3 is 48.2 Å². The molecule has 1 rings (SSSR count). The molecular formula is C8H18N6Ni3S2-4. The van der Waals surface area contributed by atoms with E-state index >= 15 is 0 Å². The maximum atomic E-state index is 7.13. The topological polar surface area (TPSA) is 144 Å². The Labute approximate surface area is 157 Å². The van der Waals surface area contributed by atoms with E-state index < -0.39 is 0 Å². The molecule has 126 valence electrons. The monoisotopic (exact) mass is 436 g/mol. The van der Waals surface area contributed by atoms with Crippen molar-refractivity contribution in [2.24, 2.45) is 5.73 Å². The molecule has 0 aliphatic carbocycles. The maximum Gasteiger partial charge on any atom is 0.0105 e. The molecule has 0 spiro atoms. The molecule has 0 atom stereocenters. The Morgan fingerprint density at radius 2 is 1.21 bits per heavy atom. The van der Waals surface area contributed by atoms with Gasteiger partial charge >= 0.3 is 0 Å². The van der Waals surface area contributed by atoms with Crippen molar-refractivity contribution in [2.75, 3.05) is 26.2 Å². The molecule has 6 nitrogen and oxygen atoms in total. The summed E-state index contributed by atoms with van der Waals surface area (Å²) in [5, 5.41) is 16.9. The normalized spacial score (nSPS) is 10.1. The zero-order chi connectivity index (χ0) is 11.2. The number of hydrogen-bond acceptors (Lipinski definition) is 6. The molecule has 1 fully saturated rings. The van der Waals surface area contributed by atoms with E-state index in [2.05, 4.69) is 30.2 Å². The molecule has 0 radical (unpaired) electrons. The minimum Gasteiger partial charge on any atom is -0.696 e. The van der Waals surface area contributed by atoms with Crippen LogP contribution in [0.5, 0.6) is 0 Å². The van der Waals surface area contributed by atoms with Gasteiger partial charge in [0.05, 0.1) is 0 Å². The van der Waals surface area contributed by atoms with E-state index in [0.29, 0.717) is 0 Å². The van der Waals surface area contributed by atoms with E-state index in [1.54, 1.807) is 0 Å². The van der Waals surface area contributed by atoms with Gasteiger partial charge in [-0.15, -0.1) is 0 Å². The Bertz CT molecular complexity index is 182. The zero-order valence-electron chi connectivity index (χ0n) is 10.1. The van der Waals surface area contributed by atoms with Gasteiger partial charge in [-0.1, -0.05) is 10.8 Å². The van der Waals surface area contributed by atoms with Crippen LogP contribution >= 0.6 is 0 Å². The molecule has 0 saturated carbocycles. The SMILES string of the molecule is N#C[S-].N#C[S-].NCCN1CCCC1.[NH2-].[NH2-].[Ni].[Ni].[Ni]. The molecule has 0 bridgehead atoms. The summed E-state index contributed by atoms with van der Waals surface area (Å²) in [5.74, 6) is 0. The summed E-state index contributed by atoms with van der Waals surface area (Å²) in [6, 6.07) is 0. The van der Waals surface area contributed by atoms with Crippen LogP contribution in [0.2, 0.25) is 0 Å². The first kappa shape index (κ1) is 42.7. The summed E-state index contributed by atoms with van der Waals surface area (Å²) in [6.45, 7) is 4.47. The van der Waals surface area contributed by atoms with Crippen molar-refractivity contribution in [2.45, 2.75) is 12.8 Å². The molecule has 0 aromatic carbocycles. The standard InChI is InChI=1S/C6H14N2.2CHNS.2H2N.3Ni/c7-3-6-8-4-1-2-5-8;2*2-1-3;;;;;/h1-7H2;2*3H;2*1H2;;;/q;;;2*-1;;;/p-2. The Kier molecular flexibility index (Phi) is 96.2. The van der Waals surface area contributed by atoms with Crippen molar-refractivity contribution < 1.29 is 49.5 Å².